The SMILES string of the molecule is Cc1ccc(C)n1Nc1ncc([N+](=O)[O-])cn1. The van der Waals surface area contributed by atoms with Crippen LogP contribution >= 0.6 is 0 Å². The summed E-state index contributed by atoms with van der Waals surface area (Å²) in [6.07, 6.45) is 2.34. The number of nitrogens with one attached hydrogen (secondary N) is 1. The van der Waals surface area contributed by atoms with Gasteiger partial charge < -0.3 is 0 Å². The van der Waals surface area contributed by atoms with Gasteiger partial charge in [-0.1, -0.05) is 0 Å². The van der Waals surface area contributed by atoms with Crippen LogP contribution in [-0.4, -0.2) is 19.6 Å². The molecule has 0 spiro atoms. The molecule has 0 saturated heterocycles. The quantitative estimate of drug-likeness (QED) is 0.643. The van der Waals surface area contributed by atoms with Gasteiger partial charge in [-0.15, -0.1) is 0 Å². The van der Waals surface area contributed by atoms with E-state index in [9.17, 15) is 10.1 Å². The molecular formula is C10H11N5O2. The average Bonchev–Trinajstić information content (AvgIpc) is 2.61. The van der Waals surface area contributed by atoms with Crippen LogP contribution in [0.25, 0.3) is 0 Å². The summed E-state index contributed by atoms with van der Waals surface area (Å²) >= 11 is 0. The van der Waals surface area contributed by atoms with Crippen molar-refractivity contribution in [1.29, 1.82) is 0 Å². The maximum absolute atomic E-state index is 10.4. The number of aryl methyl sites for hydroxylation is 2. The Morgan fingerprint density at radius 2 is 1.76 bits per heavy atom. The molecular weight excluding hydrogens is 222 g/mol. The summed E-state index contributed by atoms with van der Waals surface area (Å²) in [5.74, 6) is 0.318. The van der Waals surface area contributed by atoms with Gasteiger partial charge in [0.25, 0.3) is 0 Å². The van der Waals surface area contributed by atoms with Crippen molar-refractivity contribution in [3.63, 3.8) is 0 Å². The number of rotatable bonds is 3. The second-order valence-corrected chi connectivity index (χ2v) is 3.59. The fourth-order valence-electron chi connectivity index (χ4n) is 1.42. The second-order valence-electron chi connectivity index (χ2n) is 3.59. The lowest BCUT2D eigenvalue weighted by Gasteiger charge is -2.10. The molecule has 7 heteroatoms. The third-order valence-corrected chi connectivity index (χ3v) is 2.33. The Kier molecular flexibility index (Phi) is 2.73. The highest BCUT2D eigenvalue weighted by atomic mass is 16.6. The van der Waals surface area contributed by atoms with E-state index in [0.717, 1.165) is 11.4 Å². The van der Waals surface area contributed by atoms with E-state index < -0.39 is 4.92 Å². The first-order valence-corrected chi connectivity index (χ1v) is 4.96. The predicted molar refractivity (Wildman–Crippen MR) is 61.6 cm³/mol. The number of hydrogen-bond donors (Lipinski definition) is 1. The van der Waals surface area contributed by atoms with Crippen LogP contribution in [0.4, 0.5) is 11.6 Å². The summed E-state index contributed by atoms with van der Waals surface area (Å²) in [6, 6.07) is 3.90. The van der Waals surface area contributed by atoms with Crippen LogP contribution in [0.15, 0.2) is 24.5 Å². The molecule has 2 rings (SSSR count). The van der Waals surface area contributed by atoms with Gasteiger partial charge in [0.05, 0.1) is 4.92 Å². The van der Waals surface area contributed by atoms with Crippen LogP contribution in [0.5, 0.6) is 0 Å². The minimum atomic E-state index is -0.532. The molecule has 17 heavy (non-hydrogen) atoms. The van der Waals surface area contributed by atoms with Crippen LogP contribution in [0.3, 0.4) is 0 Å². The molecule has 88 valence electrons. The Morgan fingerprint density at radius 1 is 1.24 bits per heavy atom. The predicted octanol–water partition coefficient (Wildman–Crippen LogP) is 1.68. The Labute approximate surface area is 97.2 Å². The molecule has 0 atom stereocenters. The molecule has 0 unspecified atom stereocenters. The lowest BCUT2D eigenvalue weighted by molar-refractivity contribution is -0.385. The number of anilines is 1. The van der Waals surface area contributed by atoms with Crippen molar-refractivity contribution in [2.75, 3.05) is 5.43 Å². The molecule has 2 aromatic rings. The minimum Gasteiger partial charge on any atom is -0.262 e. The van der Waals surface area contributed by atoms with E-state index in [1.807, 2.05) is 26.0 Å². The molecule has 1 N–H and O–H groups in total. The molecule has 0 aliphatic rings. The van der Waals surface area contributed by atoms with E-state index in [4.69, 9.17) is 0 Å². The first-order chi connectivity index (χ1) is 8.08. The summed E-state index contributed by atoms with van der Waals surface area (Å²) in [5.41, 5.74) is 4.84. The van der Waals surface area contributed by atoms with Crippen molar-refractivity contribution < 1.29 is 4.92 Å². The zero-order valence-electron chi connectivity index (χ0n) is 9.41. The highest BCUT2D eigenvalue weighted by Crippen LogP contribution is 2.10. The van der Waals surface area contributed by atoms with Crippen molar-refractivity contribution in [3.05, 3.63) is 46.0 Å². The Hall–Kier alpha value is -2.44. The molecule has 2 aromatic heterocycles. The van der Waals surface area contributed by atoms with Crippen molar-refractivity contribution in [2.45, 2.75) is 13.8 Å². The van der Waals surface area contributed by atoms with Crippen molar-refractivity contribution >= 4 is 11.6 Å². The van der Waals surface area contributed by atoms with Crippen LogP contribution in [0.2, 0.25) is 0 Å². The zero-order chi connectivity index (χ0) is 12.4. The lowest BCUT2D eigenvalue weighted by Crippen LogP contribution is -2.14. The number of nitro groups is 1. The topological polar surface area (TPSA) is 85.9 Å². The van der Waals surface area contributed by atoms with E-state index in [0.29, 0.717) is 5.95 Å². The van der Waals surface area contributed by atoms with Gasteiger partial charge in [-0.05, 0) is 26.0 Å². The van der Waals surface area contributed by atoms with E-state index in [1.165, 1.54) is 12.4 Å². The summed E-state index contributed by atoms with van der Waals surface area (Å²) in [6.45, 7) is 3.87. The average molecular weight is 233 g/mol. The van der Waals surface area contributed by atoms with Crippen molar-refractivity contribution in [2.24, 2.45) is 0 Å². The molecule has 0 aromatic carbocycles. The fourth-order valence-corrected chi connectivity index (χ4v) is 1.42. The summed E-state index contributed by atoms with van der Waals surface area (Å²) in [4.78, 5) is 17.7. The highest BCUT2D eigenvalue weighted by Gasteiger charge is 2.07. The van der Waals surface area contributed by atoms with Crippen LogP contribution < -0.4 is 5.43 Å². The number of hydrogen-bond acceptors (Lipinski definition) is 5. The Morgan fingerprint density at radius 3 is 2.24 bits per heavy atom. The van der Waals surface area contributed by atoms with Gasteiger partial charge in [0.1, 0.15) is 12.4 Å². The van der Waals surface area contributed by atoms with Crippen molar-refractivity contribution in [3.8, 4) is 0 Å². The molecule has 7 nitrogen and oxygen atoms in total. The largest absolute Gasteiger partial charge is 0.305 e. The van der Waals surface area contributed by atoms with Gasteiger partial charge in [0.15, 0.2) is 0 Å². The zero-order valence-corrected chi connectivity index (χ0v) is 9.41. The van der Waals surface area contributed by atoms with Gasteiger partial charge in [-0.25, -0.2) is 9.97 Å². The standard InChI is InChI=1S/C10H11N5O2/c1-7-3-4-8(2)14(7)13-10-11-5-9(6-12-10)15(16)17/h3-6H,1-2H3,(H,11,12,13). The monoisotopic (exact) mass is 233 g/mol. The fraction of sp³-hybridized carbons (Fsp3) is 0.200. The number of nitrogens with zero attached hydrogens (tertiary/aromatic N) is 4. The third-order valence-electron chi connectivity index (χ3n) is 2.33. The van der Waals surface area contributed by atoms with Crippen LogP contribution in [0, 0.1) is 24.0 Å². The van der Waals surface area contributed by atoms with Gasteiger partial charge >= 0.3 is 5.69 Å². The van der Waals surface area contributed by atoms with E-state index >= 15 is 0 Å². The molecule has 0 amide bonds. The third kappa shape index (κ3) is 2.22. The Balaban J connectivity index is 2.22. The molecule has 0 fully saturated rings. The molecule has 0 radical (unpaired) electrons. The van der Waals surface area contributed by atoms with Gasteiger partial charge in [-0.3, -0.25) is 20.2 Å². The molecule has 0 bridgehead atoms. The number of aromatic nitrogens is 3. The maximum atomic E-state index is 10.4. The molecule has 0 saturated carbocycles. The molecule has 0 aliphatic heterocycles. The molecule has 0 aliphatic carbocycles. The van der Waals surface area contributed by atoms with E-state index in [-0.39, 0.29) is 5.69 Å². The van der Waals surface area contributed by atoms with E-state index in [1.54, 1.807) is 4.68 Å². The first-order valence-electron chi connectivity index (χ1n) is 4.96. The van der Waals surface area contributed by atoms with Crippen molar-refractivity contribution in [1.82, 2.24) is 14.6 Å². The summed E-state index contributed by atoms with van der Waals surface area (Å²) < 4.78 is 1.81. The van der Waals surface area contributed by atoms with Gasteiger partial charge in [-0.2, -0.15) is 0 Å². The maximum Gasteiger partial charge on any atom is 0.305 e. The molecule has 2 heterocycles. The summed E-state index contributed by atoms with van der Waals surface area (Å²) in [7, 11) is 0. The first kappa shape index (κ1) is 11.1. The van der Waals surface area contributed by atoms with Crippen LogP contribution in [-0.2, 0) is 0 Å². The van der Waals surface area contributed by atoms with E-state index in [2.05, 4.69) is 15.4 Å². The minimum absolute atomic E-state index is 0.128. The summed E-state index contributed by atoms with van der Waals surface area (Å²) in [5, 5.41) is 10.4. The van der Waals surface area contributed by atoms with Gasteiger partial charge in [0, 0.05) is 11.4 Å². The highest BCUT2D eigenvalue weighted by molar-refractivity contribution is 5.32. The van der Waals surface area contributed by atoms with Crippen LogP contribution in [0.1, 0.15) is 11.4 Å². The normalized spacial score (nSPS) is 10.2. The second kappa shape index (κ2) is 4.20. The Bertz CT molecular complexity index is 527. The lowest BCUT2D eigenvalue weighted by atomic mass is 10.5. The van der Waals surface area contributed by atoms with Gasteiger partial charge in [0.2, 0.25) is 5.95 Å². The smallest absolute Gasteiger partial charge is 0.262 e.